The van der Waals surface area contributed by atoms with Crippen LogP contribution in [-0.4, -0.2) is 21.8 Å². The largest absolute Gasteiger partial charge is 0.308 e. The molecule has 88 valence electrons. The van der Waals surface area contributed by atoms with Crippen LogP contribution in [0.15, 0.2) is 35.6 Å². The number of nitrogens with two attached hydrogens (primary N) is 1. The highest BCUT2D eigenvalue weighted by molar-refractivity contribution is 6.00. The summed E-state index contributed by atoms with van der Waals surface area (Å²) in [6.07, 6.45) is 3.34. The van der Waals surface area contributed by atoms with Gasteiger partial charge in [-0.3, -0.25) is 15.0 Å². The highest BCUT2D eigenvalue weighted by Crippen LogP contribution is 2.11. The molecule has 0 atom stereocenters. The highest BCUT2D eigenvalue weighted by atomic mass is 15.3. The number of nitrogens with zero attached hydrogens (tertiary/aromatic N) is 3. The van der Waals surface area contributed by atoms with Gasteiger partial charge in [-0.2, -0.15) is 0 Å². The van der Waals surface area contributed by atoms with E-state index in [9.17, 15) is 0 Å². The maximum absolute atomic E-state index is 5.48. The summed E-state index contributed by atoms with van der Waals surface area (Å²) in [4.78, 5) is 12.9. The lowest BCUT2D eigenvalue weighted by molar-refractivity contribution is 0.820. The van der Waals surface area contributed by atoms with E-state index in [0.717, 1.165) is 16.6 Å². The summed E-state index contributed by atoms with van der Waals surface area (Å²) < 4.78 is 0. The van der Waals surface area contributed by atoms with Crippen LogP contribution in [0.1, 0.15) is 19.4 Å². The first kappa shape index (κ1) is 11.5. The van der Waals surface area contributed by atoms with E-state index in [1.54, 1.807) is 12.4 Å². The molecule has 0 aliphatic rings. The van der Waals surface area contributed by atoms with Gasteiger partial charge in [0.15, 0.2) is 0 Å². The van der Waals surface area contributed by atoms with Gasteiger partial charge in [-0.05, 0) is 32.0 Å². The van der Waals surface area contributed by atoms with Crippen molar-refractivity contribution in [2.45, 2.75) is 19.9 Å². The van der Waals surface area contributed by atoms with Crippen molar-refractivity contribution in [2.24, 2.45) is 10.8 Å². The Morgan fingerprint density at radius 3 is 2.59 bits per heavy atom. The molecule has 2 rings (SSSR count). The summed E-state index contributed by atoms with van der Waals surface area (Å²) in [5.74, 6) is 6.14. The van der Waals surface area contributed by atoms with Crippen molar-refractivity contribution < 1.29 is 0 Å². The number of benzene rings is 1. The zero-order valence-electron chi connectivity index (χ0n) is 9.88. The summed E-state index contributed by atoms with van der Waals surface area (Å²) >= 11 is 0. The lowest BCUT2D eigenvalue weighted by Crippen LogP contribution is -2.32. The van der Waals surface area contributed by atoms with Gasteiger partial charge >= 0.3 is 0 Å². The lowest BCUT2D eigenvalue weighted by atomic mass is 10.1. The van der Waals surface area contributed by atoms with Crippen LogP contribution >= 0.6 is 0 Å². The second-order valence-electron chi connectivity index (χ2n) is 3.98. The molecule has 0 radical (unpaired) electrons. The van der Waals surface area contributed by atoms with E-state index in [2.05, 4.69) is 20.4 Å². The summed E-state index contributed by atoms with van der Waals surface area (Å²) in [6, 6.07) is 5.94. The topological polar surface area (TPSA) is 76.2 Å². The predicted molar refractivity (Wildman–Crippen MR) is 68.5 cm³/mol. The Morgan fingerprint density at radius 2 is 1.94 bits per heavy atom. The number of hydrogen-bond donors (Lipinski definition) is 2. The molecule has 5 heteroatoms. The molecule has 3 N–H and O–H groups in total. The third kappa shape index (κ3) is 2.57. The van der Waals surface area contributed by atoms with Gasteiger partial charge in [0.25, 0.3) is 0 Å². The van der Waals surface area contributed by atoms with E-state index >= 15 is 0 Å². The minimum atomic E-state index is 0.179. The zero-order chi connectivity index (χ0) is 12.3. The number of hydrazine groups is 1. The smallest absolute Gasteiger partial charge is 0.142 e. The maximum Gasteiger partial charge on any atom is 0.142 e. The fourth-order valence-corrected chi connectivity index (χ4v) is 1.56. The SMILES string of the molecule is CC(C)N=C(NN)c1ccc2nccnc2c1. The van der Waals surface area contributed by atoms with Crippen molar-refractivity contribution in [3.8, 4) is 0 Å². The Balaban J connectivity index is 2.48. The average molecular weight is 229 g/mol. The van der Waals surface area contributed by atoms with E-state index in [-0.39, 0.29) is 6.04 Å². The molecule has 0 amide bonds. The first-order valence-electron chi connectivity index (χ1n) is 5.46. The minimum Gasteiger partial charge on any atom is -0.308 e. The summed E-state index contributed by atoms with van der Waals surface area (Å²) in [6.45, 7) is 4.00. The van der Waals surface area contributed by atoms with Gasteiger partial charge in [0.1, 0.15) is 5.84 Å². The molecule has 17 heavy (non-hydrogen) atoms. The van der Waals surface area contributed by atoms with Crippen molar-refractivity contribution in [3.63, 3.8) is 0 Å². The molecule has 0 bridgehead atoms. The Hall–Kier alpha value is -2.01. The van der Waals surface area contributed by atoms with E-state index in [4.69, 9.17) is 5.84 Å². The van der Waals surface area contributed by atoms with Crippen LogP contribution in [0.2, 0.25) is 0 Å². The third-order valence-electron chi connectivity index (χ3n) is 2.27. The molecule has 0 aliphatic heterocycles. The second kappa shape index (κ2) is 4.88. The van der Waals surface area contributed by atoms with E-state index < -0.39 is 0 Å². The fourth-order valence-electron chi connectivity index (χ4n) is 1.56. The molecule has 0 fully saturated rings. The quantitative estimate of drug-likeness (QED) is 0.351. The third-order valence-corrected chi connectivity index (χ3v) is 2.27. The molecule has 0 spiro atoms. The molecular weight excluding hydrogens is 214 g/mol. The number of rotatable bonds is 2. The normalized spacial score (nSPS) is 12.1. The van der Waals surface area contributed by atoms with Crippen LogP contribution in [0.3, 0.4) is 0 Å². The number of aliphatic imine (C=N–C) groups is 1. The highest BCUT2D eigenvalue weighted by Gasteiger charge is 2.04. The van der Waals surface area contributed by atoms with Gasteiger partial charge in [-0.15, -0.1) is 0 Å². The molecule has 1 aromatic heterocycles. The number of aromatic nitrogens is 2. The van der Waals surface area contributed by atoms with Gasteiger partial charge in [-0.25, -0.2) is 5.84 Å². The van der Waals surface area contributed by atoms with Crippen LogP contribution in [0.25, 0.3) is 11.0 Å². The van der Waals surface area contributed by atoms with Crippen LogP contribution in [0.5, 0.6) is 0 Å². The van der Waals surface area contributed by atoms with Gasteiger partial charge in [0.05, 0.1) is 11.0 Å². The molecule has 0 aliphatic carbocycles. The standard InChI is InChI=1S/C12H15N5/c1-8(2)16-12(17-13)9-3-4-10-11(7-9)15-6-5-14-10/h3-8H,13H2,1-2H3,(H,16,17). The summed E-state index contributed by atoms with van der Waals surface area (Å²) in [5.41, 5.74) is 5.22. The Bertz CT molecular complexity index is 547. The predicted octanol–water partition coefficient (Wildman–Crippen LogP) is 1.25. The first-order valence-corrected chi connectivity index (χ1v) is 5.46. The zero-order valence-corrected chi connectivity index (χ0v) is 9.88. The monoisotopic (exact) mass is 229 g/mol. The number of fused-ring (bicyclic) bond motifs is 1. The molecule has 0 unspecified atom stereocenters. The van der Waals surface area contributed by atoms with Crippen molar-refractivity contribution in [2.75, 3.05) is 0 Å². The van der Waals surface area contributed by atoms with Gasteiger partial charge < -0.3 is 5.43 Å². The first-order chi connectivity index (χ1) is 8.20. The number of amidine groups is 1. The van der Waals surface area contributed by atoms with Crippen molar-refractivity contribution in [3.05, 3.63) is 36.2 Å². The molecule has 1 aromatic carbocycles. The summed E-state index contributed by atoms with van der Waals surface area (Å²) in [7, 11) is 0. The molecule has 0 saturated carbocycles. The minimum absolute atomic E-state index is 0.179. The molecule has 1 heterocycles. The maximum atomic E-state index is 5.48. The van der Waals surface area contributed by atoms with Crippen LogP contribution in [0.4, 0.5) is 0 Å². The van der Waals surface area contributed by atoms with Gasteiger partial charge in [-0.1, -0.05) is 0 Å². The van der Waals surface area contributed by atoms with Crippen LogP contribution in [0, 0.1) is 0 Å². The fraction of sp³-hybridized carbons (Fsp3) is 0.250. The Labute approximate surface area is 99.8 Å². The van der Waals surface area contributed by atoms with Crippen LogP contribution in [-0.2, 0) is 0 Å². The average Bonchev–Trinajstić information content (AvgIpc) is 2.35. The molecule has 0 saturated heterocycles. The second-order valence-corrected chi connectivity index (χ2v) is 3.98. The lowest BCUT2D eigenvalue weighted by Gasteiger charge is -2.08. The van der Waals surface area contributed by atoms with Gasteiger partial charge in [0.2, 0.25) is 0 Å². The van der Waals surface area contributed by atoms with Crippen molar-refractivity contribution in [1.29, 1.82) is 0 Å². The van der Waals surface area contributed by atoms with Crippen molar-refractivity contribution >= 4 is 16.9 Å². The molecule has 5 nitrogen and oxygen atoms in total. The van der Waals surface area contributed by atoms with Gasteiger partial charge in [0, 0.05) is 24.0 Å². The van der Waals surface area contributed by atoms with Crippen LogP contribution < -0.4 is 11.3 Å². The Kier molecular flexibility index (Phi) is 3.30. The van der Waals surface area contributed by atoms with E-state index in [1.165, 1.54) is 0 Å². The van der Waals surface area contributed by atoms with Crippen molar-refractivity contribution in [1.82, 2.24) is 15.4 Å². The number of nitrogens with one attached hydrogen (secondary N) is 1. The van der Waals surface area contributed by atoms with E-state index in [0.29, 0.717) is 5.84 Å². The molecular formula is C12H15N5. The number of hydrogen-bond acceptors (Lipinski definition) is 4. The van der Waals surface area contributed by atoms with E-state index in [1.807, 2.05) is 32.0 Å². The summed E-state index contributed by atoms with van der Waals surface area (Å²) in [5, 5.41) is 0. The molecule has 2 aromatic rings. The Morgan fingerprint density at radius 1 is 1.24 bits per heavy atom.